The van der Waals surface area contributed by atoms with Crippen LogP contribution in [0.15, 0.2) is 24.3 Å². The van der Waals surface area contributed by atoms with Gasteiger partial charge in [-0.25, -0.2) is 0 Å². The lowest BCUT2D eigenvalue weighted by Gasteiger charge is -2.17. The van der Waals surface area contributed by atoms with Crippen molar-refractivity contribution in [3.63, 3.8) is 0 Å². The standard InChI is InChI=1S/C15H23N3O3/c1-3-9-17-15(19)8-10-16-14(4-2)12-6-5-7-13(11-12)18(20)21/h5-7,11,14,16H,3-4,8-10H2,1-2H3,(H,17,19). The lowest BCUT2D eigenvalue weighted by atomic mass is 10.0. The Balaban J connectivity index is 2.53. The van der Waals surface area contributed by atoms with E-state index >= 15 is 0 Å². The Morgan fingerprint density at radius 1 is 1.33 bits per heavy atom. The monoisotopic (exact) mass is 293 g/mol. The van der Waals surface area contributed by atoms with Gasteiger partial charge in [0.2, 0.25) is 5.91 Å². The van der Waals surface area contributed by atoms with Crippen molar-refractivity contribution in [3.05, 3.63) is 39.9 Å². The van der Waals surface area contributed by atoms with Gasteiger partial charge in [0.1, 0.15) is 0 Å². The van der Waals surface area contributed by atoms with E-state index in [0.29, 0.717) is 19.5 Å². The highest BCUT2D eigenvalue weighted by Gasteiger charge is 2.13. The quantitative estimate of drug-likeness (QED) is 0.541. The maximum absolute atomic E-state index is 11.5. The van der Waals surface area contributed by atoms with Crippen molar-refractivity contribution in [2.24, 2.45) is 0 Å². The third kappa shape index (κ3) is 5.91. The van der Waals surface area contributed by atoms with Gasteiger partial charge in [-0.2, -0.15) is 0 Å². The molecule has 1 atom stereocenters. The summed E-state index contributed by atoms with van der Waals surface area (Å²) in [7, 11) is 0. The number of rotatable bonds is 9. The fourth-order valence-corrected chi connectivity index (χ4v) is 2.07. The van der Waals surface area contributed by atoms with Crippen LogP contribution in [0.1, 0.15) is 44.7 Å². The molecule has 2 N–H and O–H groups in total. The molecule has 0 saturated carbocycles. The zero-order valence-electron chi connectivity index (χ0n) is 12.6. The Morgan fingerprint density at radius 2 is 2.10 bits per heavy atom. The summed E-state index contributed by atoms with van der Waals surface area (Å²) in [6.07, 6.45) is 2.13. The molecule has 0 radical (unpaired) electrons. The van der Waals surface area contributed by atoms with E-state index in [0.717, 1.165) is 18.4 Å². The zero-order chi connectivity index (χ0) is 15.7. The van der Waals surface area contributed by atoms with Gasteiger partial charge in [0, 0.05) is 37.7 Å². The van der Waals surface area contributed by atoms with E-state index in [4.69, 9.17) is 0 Å². The molecule has 0 aliphatic carbocycles. The maximum Gasteiger partial charge on any atom is 0.269 e. The first kappa shape index (κ1) is 17.1. The van der Waals surface area contributed by atoms with Crippen LogP contribution in [0, 0.1) is 10.1 Å². The van der Waals surface area contributed by atoms with Gasteiger partial charge >= 0.3 is 0 Å². The minimum atomic E-state index is -0.394. The molecule has 21 heavy (non-hydrogen) atoms. The summed E-state index contributed by atoms with van der Waals surface area (Å²) in [5, 5.41) is 16.9. The fraction of sp³-hybridized carbons (Fsp3) is 0.533. The van der Waals surface area contributed by atoms with Crippen LogP contribution in [0.5, 0.6) is 0 Å². The lowest BCUT2D eigenvalue weighted by Crippen LogP contribution is -2.29. The molecule has 1 amide bonds. The van der Waals surface area contributed by atoms with Crippen LogP contribution in [-0.2, 0) is 4.79 Å². The van der Waals surface area contributed by atoms with E-state index in [1.54, 1.807) is 12.1 Å². The molecule has 1 aromatic rings. The summed E-state index contributed by atoms with van der Waals surface area (Å²) in [4.78, 5) is 21.9. The summed E-state index contributed by atoms with van der Waals surface area (Å²) >= 11 is 0. The van der Waals surface area contributed by atoms with Crippen LogP contribution >= 0.6 is 0 Å². The summed E-state index contributed by atoms with van der Waals surface area (Å²) in [6.45, 7) is 5.26. The van der Waals surface area contributed by atoms with E-state index in [1.807, 2.05) is 19.9 Å². The Bertz CT molecular complexity index is 477. The number of nitrogens with one attached hydrogen (secondary N) is 2. The minimum absolute atomic E-state index is 0.0175. The van der Waals surface area contributed by atoms with Gasteiger partial charge in [-0.1, -0.05) is 26.0 Å². The zero-order valence-corrected chi connectivity index (χ0v) is 12.6. The fourth-order valence-electron chi connectivity index (χ4n) is 2.07. The van der Waals surface area contributed by atoms with Crippen molar-refractivity contribution >= 4 is 11.6 Å². The highest BCUT2D eigenvalue weighted by atomic mass is 16.6. The van der Waals surface area contributed by atoms with Crippen LogP contribution in [0.25, 0.3) is 0 Å². The third-order valence-electron chi connectivity index (χ3n) is 3.21. The molecule has 0 bridgehead atoms. The first-order valence-electron chi connectivity index (χ1n) is 7.32. The second kappa shape index (κ2) is 9.07. The predicted octanol–water partition coefficient (Wildman–Crippen LogP) is 2.55. The van der Waals surface area contributed by atoms with Crippen LogP contribution in [0.4, 0.5) is 5.69 Å². The first-order valence-corrected chi connectivity index (χ1v) is 7.32. The van der Waals surface area contributed by atoms with Gasteiger partial charge in [-0.3, -0.25) is 14.9 Å². The van der Waals surface area contributed by atoms with Gasteiger partial charge in [-0.15, -0.1) is 0 Å². The van der Waals surface area contributed by atoms with Crippen molar-refractivity contribution in [2.45, 2.75) is 39.2 Å². The molecule has 0 aliphatic rings. The van der Waals surface area contributed by atoms with Gasteiger partial charge in [0.15, 0.2) is 0 Å². The minimum Gasteiger partial charge on any atom is -0.356 e. The van der Waals surface area contributed by atoms with E-state index in [1.165, 1.54) is 6.07 Å². The molecule has 1 unspecified atom stereocenters. The van der Waals surface area contributed by atoms with Crippen molar-refractivity contribution in [1.29, 1.82) is 0 Å². The number of non-ortho nitro benzene ring substituents is 1. The van der Waals surface area contributed by atoms with E-state index in [9.17, 15) is 14.9 Å². The molecule has 0 aromatic heterocycles. The Labute approximate surface area is 125 Å². The molecule has 6 nitrogen and oxygen atoms in total. The summed E-state index contributed by atoms with van der Waals surface area (Å²) in [5.41, 5.74) is 0.967. The average molecular weight is 293 g/mol. The second-order valence-corrected chi connectivity index (χ2v) is 4.87. The Hall–Kier alpha value is -1.95. The van der Waals surface area contributed by atoms with Crippen molar-refractivity contribution < 1.29 is 9.72 Å². The smallest absolute Gasteiger partial charge is 0.269 e. The molecule has 1 rings (SSSR count). The highest BCUT2D eigenvalue weighted by Crippen LogP contribution is 2.21. The molecule has 1 aromatic carbocycles. The molecule has 0 aliphatic heterocycles. The number of benzene rings is 1. The van der Waals surface area contributed by atoms with E-state index in [2.05, 4.69) is 10.6 Å². The normalized spacial score (nSPS) is 11.9. The van der Waals surface area contributed by atoms with Gasteiger partial charge in [0.25, 0.3) is 5.69 Å². The van der Waals surface area contributed by atoms with E-state index < -0.39 is 4.92 Å². The van der Waals surface area contributed by atoms with Crippen molar-refractivity contribution in [1.82, 2.24) is 10.6 Å². The number of hydrogen-bond acceptors (Lipinski definition) is 4. The topological polar surface area (TPSA) is 84.3 Å². The molecule has 0 heterocycles. The number of nitro benzene ring substituents is 1. The van der Waals surface area contributed by atoms with Crippen LogP contribution < -0.4 is 10.6 Å². The van der Waals surface area contributed by atoms with Crippen molar-refractivity contribution in [2.75, 3.05) is 13.1 Å². The molecular weight excluding hydrogens is 270 g/mol. The van der Waals surface area contributed by atoms with Gasteiger partial charge < -0.3 is 10.6 Å². The highest BCUT2D eigenvalue weighted by molar-refractivity contribution is 5.75. The molecular formula is C15H23N3O3. The summed E-state index contributed by atoms with van der Waals surface area (Å²) in [6, 6.07) is 6.63. The average Bonchev–Trinajstić information content (AvgIpc) is 2.49. The number of amides is 1. The Morgan fingerprint density at radius 3 is 2.71 bits per heavy atom. The van der Waals surface area contributed by atoms with Crippen LogP contribution in [-0.4, -0.2) is 23.9 Å². The maximum atomic E-state index is 11.5. The number of carbonyl (C=O) groups excluding carboxylic acids is 1. The third-order valence-corrected chi connectivity index (χ3v) is 3.21. The largest absolute Gasteiger partial charge is 0.356 e. The van der Waals surface area contributed by atoms with Crippen molar-refractivity contribution in [3.8, 4) is 0 Å². The number of carbonyl (C=O) groups is 1. The molecule has 0 fully saturated rings. The number of nitro groups is 1. The molecule has 116 valence electrons. The molecule has 0 spiro atoms. The van der Waals surface area contributed by atoms with Crippen LogP contribution in [0.2, 0.25) is 0 Å². The molecule has 6 heteroatoms. The Kier molecular flexibility index (Phi) is 7.39. The van der Waals surface area contributed by atoms with Gasteiger partial charge in [-0.05, 0) is 18.4 Å². The number of hydrogen-bond donors (Lipinski definition) is 2. The van der Waals surface area contributed by atoms with Gasteiger partial charge in [0.05, 0.1) is 4.92 Å². The summed E-state index contributed by atoms with van der Waals surface area (Å²) < 4.78 is 0. The first-order chi connectivity index (χ1) is 10.1. The van der Waals surface area contributed by atoms with Crippen LogP contribution in [0.3, 0.4) is 0 Å². The molecule has 0 saturated heterocycles. The lowest BCUT2D eigenvalue weighted by molar-refractivity contribution is -0.384. The number of nitrogens with zero attached hydrogens (tertiary/aromatic N) is 1. The SMILES string of the molecule is CCCNC(=O)CCNC(CC)c1cccc([N+](=O)[O-])c1. The van der Waals surface area contributed by atoms with E-state index in [-0.39, 0.29) is 17.6 Å². The predicted molar refractivity (Wildman–Crippen MR) is 82.0 cm³/mol. The summed E-state index contributed by atoms with van der Waals surface area (Å²) in [5.74, 6) is 0.0262. The second-order valence-electron chi connectivity index (χ2n) is 4.87.